The molecule has 0 bridgehead atoms. The fraction of sp³-hybridized carbons (Fsp3) is 0.923. The van der Waals surface area contributed by atoms with E-state index in [1.807, 2.05) is 0 Å². The summed E-state index contributed by atoms with van der Waals surface area (Å²) in [5.41, 5.74) is 0. The average Bonchev–Trinajstić information content (AvgIpc) is 2.60. The van der Waals surface area contributed by atoms with Crippen LogP contribution in [-0.4, -0.2) is 24.3 Å². The van der Waals surface area contributed by atoms with Crippen molar-refractivity contribution in [1.29, 1.82) is 0 Å². The van der Waals surface area contributed by atoms with Gasteiger partial charge in [-0.15, -0.1) is 0 Å². The van der Waals surface area contributed by atoms with Crippen LogP contribution in [0.15, 0.2) is 0 Å². The second-order valence-corrected chi connectivity index (χ2v) is 5.05. The summed E-state index contributed by atoms with van der Waals surface area (Å²) in [5.74, 6) is 0.641. The Kier molecular flexibility index (Phi) is 5.26. The quantitative estimate of drug-likeness (QED) is 0.760. The minimum atomic E-state index is -0.671. The molecule has 0 saturated heterocycles. The third kappa shape index (κ3) is 3.21. The topological polar surface area (TPSA) is 46.5 Å². The number of rotatable bonds is 6. The third-order valence-electron chi connectivity index (χ3n) is 3.94. The van der Waals surface area contributed by atoms with Gasteiger partial charge >= 0.3 is 5.97 Å². The highest BCUT2D eigenvalue weighted by Crippen LogP contribution is 2.42. The second-order valence-electron chi connectivity index (χ2n) is 5.05. The highest BCUT2D eigenvalue weighted by atomic mass is 16.5. The van der Waals surface area contributed by atoms with Gasteiger partial charge in [0, 0.05) is 13.5 Å². The van der Waals surface area contributed by atoms with Crippen molar-refractivity contribution in [2.75, 3.05) is 7.11 Å². The molecule has 1 fully saturated rings. The van der Waals surface area contributed by atoms with Gasteiger partial charge in [0.05, 0.1) is 6.10 Å². The van der Waals surface area contributed by atoms with Crippen LogP contribution in [0.1, 0.15) is 46.0 Å². The number of carboxylic acid groups (broad SMARTS) is 1. The Bertz CT molecular complexity index is 227. The van der Waals surface area contributed by atoms with E-state index in [1.54, 1.807) is 7.11 Å². The predicted octanol–water partition coefficient (Wildman–Crippen LogP) is 2.94. The van der Waals surface area contributed by atoms with E-state index in [-0.39, 0.29) is 6.10 Å². The van der Waals surface area contributed by atoms with E-state index in [9.17, 15) is 4.79 Å². The SMILES string of the molecule is CCCC(C)[C@H]1C(OC)CC[C@@H]1CC(=O)O. The molecule has 2 unspecified atom stereocenters. The molecular formula is C13H24O3. The number of carboxylic acids is 1. The van der Waals surface area contributed by atoms with Crippen LogP contribution in [0, 0.1) is 17.8 Å². The van der Waals surface area contributed by atoms with Gasteiger partial charge in [0.1, 0.15) is 0 Å². The van der Waals surface area contributed by atoms with Crippen LogP contribution >= 0.6 is 0 Å². The maximum Gasteiger partial charge on any atom is 0.303 e. The zero-order chi connectivity index (χ0) is 12.1. The first-order valence-electron chi connectivity index (χ1n) is 6.34. The van der Waals surface area contributed by atoms with Crippen molar-refractivity contribution >= 4 is 5.97 Å². The summed E-state index contributed by atoms with van der Waals surface area (Å²) in [5, 5.41) is 8.92. The van der Waals surface area contributed by atoms with E-state index < -0.39 is 5.97 Å². The molecule has 94 valence electrons. The van der Waals surface area contributed by atoms with Gasteiger partial charge in [-0.2, -0.15) is 0 Å². The number of aliphatic carboxylic acids is 1. The van der Waals surface area contributed by atoms with Crippen LogP contribution < -0.4 is 0 Å². The number of methoxy groups -OCH3 is 1. The maximum absolute atomic E-state index is 10.8. The molecule has 0 aromatic rings. The molecule has 1 saturated carbocycles. The van der Waals surface area contributed by atoms with Gasteiger partial charge in [-0.05, 0) is 30.6 Å². The minimum Gasteiger partial charge on any atom is -0.481 e. The molecule has 1 rings (SSSR count). The summed E-state index contributed by atoms with van der Waals surface area (Å²) in [4.78, 5) is 10.8. The van der Waals surface area contributed by atoms with E-state index >= 15 is 0 Å². The van der Waals surface area contributed by atoms with Gasteiger partial charge in [0.2, 0.25) is 0 Å². The number of carbonyl (C=O) groups is 1. The standard InChI is InChI=1S/C13H24O3/c1-4-5-9(2)13-10(8-12(14)15)6-7-11(13)16-3/h9-11,13H,4-8H2,1-3H3,(H,14,15)/t9?,10-,11?,13-/m1/s1. The van der Waals surface area contributed by atoms with Gasteiger partial charge in [-0.1, -0.05) is 26.7 Å². The molecule has 4 atom stereocenters. The molecule has 1 N–H and O–H groups in total. The second kappa shape index (κ2) is 6.24. The average molecular weight is 228 g/mol. The predicted molar refractivity (Wildman–Crippen MR) is 63.3 cm³/mol. The summed E-state index contributed by atoms with van der Waals surface area (Å²) >= 11 is 0. The third-order valence-corrected chi connectivity index (χ3v) is 3.94. The van der Waals surface area contributed by atoms with Crippen LogP contribution in [0.2, 0.25) is 0 Å². The first-order chi connectivity index (χ1) is 7.60. The molecule has 16 heavy (non-hydrogen) atoms. The maximum atomic E-state index is 10.8. The zero-order valence-corrected chi connectivity index (χ0v) is 10.6. The van der Waals surface area contributed by atoms with Crippen LogP contribution in [0.4, 0.5) is 0 Å². The van der Waals surface area contributed by atoms with Gasteiger partial charge < -0.3 is 9.84 Å². The van der Waals surface area contributed by atoms with Crippen molar-refractivity contribution < 1.29 is 14.6 Å². The summed E-state index contributed by atoms with van der Waals surface area (Å²) in [6.07, 6.45) is 4.93. The highest BCUT2D eigenvalue weighted by molar-refractivity contribution is 5.67. The molecule has 0 spiro atoms. The molecule has 1 aliphatic rings. The first-order valence-corrected chi connectivity index (χ1v) is 6.34. The molecule has 3 nitrogen and oxygen atoms in total. The summed E-state index contributed by atoms with van der Waals surface area (Å²) in [6, 6.07) is 0. The highest BCUT2D eigenvalue weighted by Gasteiger charge is 2.39. The van der Waals surface area contributed by atoms with Crippen LogP contribution in [0.25, 0.3) is 0 Å². The molecule has 0 amide bonds. The molecular weight excluding hydrogens is 204 g/mol. The number of hydrogen-bond acceptors (Lipinski definition) is 2. The minimum absolute atomic E-state index is 0.269. The molecule has 0 aromatic carbocycles. The Morgan fingerprint density at radius 2 is 2.19 bits per heavy atom. The van der Waals surface area contributed by atoms with Gasteiger partial charge in [-0.3, -0.25) is 4.79 Å². The molecule has 0 heterocycles. The fourth-order valence-corrected chi connectivity index (χ4v) is 3.28. The van der Waals surface area contributed by atoms with Crippen molar-refractivity contribution in [2.45, 2.75) is 52.1 Å². The zero-order valence-electron chi connectivity index (χ0n) is 10.6. The fourth-order valence-electron chi connectivity index (χ4n) is 3.28. The molecule has 0 aromatic heterocycles. The Balaban J connectivity index is 2.65. The largest absolute Gasteiger partial charge is 0.481 e. The van der Waals surface area contributed by atoms with Gasteiger partial charge in [0.25, 0.3) is 0 Å². The van der Waals surface area contributed by atoms with Crippen LogP contribution in [0.5, 0.6) is 0 Å². The van der Waals surface area contributed by atoms with Crippen molar-refractivity contribution in [1.82, 2.24) is 0 Å². The summed E-state index contributed by atoms with van der Waals surface area (Å²) < 4.78 is 5.51. The number of hydrogen-bond donors (Lipinski definition) is 1. The summed E-state index contributed by atoms with van der Waals surface area (Å²) in [7, 11) is 1.75. The monoisotopic (exact) mass is 228 g/mol. The normalized spacial score (nSPS) is 31.6. The van der Waals surface area contributed by atoms with Crippen molar-refractivity contribution in [3.8, 4) is 0 Å². The lowest BCUT2D eigenvalue weighted by molar-refractivity contribution is -0.138. The van der Waals surface area contributed by atoms with Gasteiger partial charge in [0.15, 0.2) is 0 Å². The number of ether oxygens (including phenoxy) is 1. The Morgan fingerprint density at radius 3 is 2.69 bits per heavy atom. The van der Waals surface area contributed by atoms with E-state index in [0.717, 1.165) is 19.3 Å². The van der Waals surface area contributed by atoms with E-state index in [0.29, 0.717) is 24.2 Å². The van der Waals surface area contributed by atoms with Crippen molar-refractivity contribution in [2.24, 2.45) is 17.8 Å². The molecule has 0 radical (unpaired) electrons. The lowest BCUT2D eigenvalue weighted by Gasteiger charge is -2.29. The van der Waals surface area contributed by atoms with E-state index in [1.165, 1.54) is 6.42 Å². The smallest absolute Gasteiger partial charge is 0.303 e. The van der Waals surface area contributed by atoms with E-state index in [2.05, 4.69) is 13.8 Å². The lowest BCUT2D eigenvalue weighted by Crippen LogP contribution is -2.28. The Hall–Kier alpha value is -0.570. The molecule has 1 aliphatic carbocycles. The van der Waals surface area contributed by atoms with Gasteiger partial charge in [-0.25, -0.2) is 0 Å². The Labute approximate surface area is 98.2 Å². The molecule has 3 heteroatoms. The Morgan fingerprint density at radius 1 is 1.50 bits per heavy atom. The van der Waals surface area contributed by atoms with Crippen LogP contribution in [-0.2, 0) is 9.53 Å². The summed E-state index contributed by atoms with van der Waals surface area (Å²) in [6.45, 7) is 4.42. The molecule has 0 aliphatic heterocycles. The van der Waals surface area contributed by atoms with Crippen LogP contribution in [0.3, 0.4) is 0 Å². The first kappa shape index (κ1) is 13.5. The lowest BCUT2D eigenvalue weighted by atomic mass is 9.80. The van der Waals surface area contributed by atoms with Crippen molar-refractivity contribution in [3.63, 3.8) is 0 Å². The van der Waals surface area contributed by atoms with Crippen molar-refractivity contribution in [3.05, 3.63) is 0 Å². The van der Waals surface area contributed by atoms with E-state index in [4.69, 9.17) is 9.84 Å².